The van der Waals surface area contributed by atoms with Crippen LogP contribution in [0.2, 0.25) is 0 Å². The summed E-state index contributed by atoms with van der Waals surface area (Å²) < 4.78 is 0. The van der Waals surface area contributed by atoms with Gasteiger partial charge in [0.1, 0.15) is 0 Å². The van der Waals surface area contributed by atoms with E-state index < -0.39 is 0 Å². The minimum atomic E-state index is 0.00282. The Balaban J connectivity index is 2.30. The van der Waals surface area contributed by atoms with Crippen molar-refractivity contribution < 1.29 is 5.11 Å². The van der Waals surface area contributed by atoms with Crippen molar-refractivity contribution in [1.29, 1.82) is 0 Å². The summed E-state index contributed by atoms with van der Waals surface area (Å²) in [4.78, 5) is 0. The van der Waals surface area contributed by atoms with Gasteiger partial charge in [-0.2, -0.15) is 0 Å². The van der Waals surface area contributed by atoms with Crippen LogP contribution in [0.3, 0.4) is 0 Å². The number of aliphatic hydroxyl groups is 1. The molecule has 1 aliphatic rings. The number of hydrogen-bond acceptors (Lipinski definition) is 2. The molecule has 1 unspecified atom stereocenters. The highest BCUT2D eigenvalue weighted by Crippen LogP contribution is 2.28. The number of benzene rings is 1. The number of rotatable bonds is 3. The van der Waals surface area contributed by atoms with Gasteiger partial charge in [0.05, 0.1) is 0 Å². The van der Waals surface area contributed by atoms with E-state index in [-0.39, 0.29) is 12.6 Å². The summed E-state index contributed by atoms with van der Waals surface area (Å²) in [6, 6.07) is 6.42. The summed E-state index contributed by atoms with van der Waals surface area (Å²) in [5, 5.41) is 8.92. The molecule has 3 N–H and O–H groups in total. The monoisotopic (exact) mass is 205 g/mol. The van der Waals surface area contributed by atoms with E-state index in [2.05, 4.69) is 18.2 Å². The zero-order chi connectivity index (χ0) is 10.7. The Morgan fingerprint density at radius 1 is 1.27 bits per heavy atom. The molecule has 0 spiro atoms. The van der Waals surface area contributed by atoms with Crippen LogP contribution in [-0.4, -0.2) is 11.7 Å². The number of aryl methyl sites for hydroxylation is 1. The van der Waals surface area contributed by atoms with Crippen molar-refractivity contribution in [1.82, 2.24) is 0 Å². The predicted octanol–water partition coefficient (Wildman–Crippen LogP) is 1.95. The van der Waals surface area contributed by atoms with Crippen LogP contribution >= 0.6 is 0 Å². The first kappa shape index (κ1) is 10.7. The van der Waals surface area contributed by atoms with E-state index in [9.17, 15) is 0 Å². The molecule has 1 aliphatic carbocycles. The van der Waals surface area contributed by atoms with Crippen LogP contribution in [0.15, 0.2) is 18.2 Å². The minimum absolute atomic E-state index is 0.00282. The van der Waals surface area contributed by atoms with Crippen molar-refractivity contribution in [2.75, 3.05) is 6.61 Å². The summed E-state index contributed by atoms with van der Waals surface area (Å²) in [6.45, 7) is 0.171. The Morgan fingerprint density at radius 2 is 2.07 bits per heavy atom. The van der Waals surface area contributed by atoms with E-state index in [1.165, 1.54) is 36.0 Å². The molecule has 2 nitrogen and oxygen atoms in total. The molecule has 2 heteroatoms. The van der Waals surface area contributed by atoms with E-state index in [1.54, 1.807) is 0 Å². The van der Waals surface area contributed by atoms with E-state index in [0.29, 0.717) is 6.42 Å². The van der Waals surface area contributed by atoms with Gasteiger partial charge in [0.15, 0.2) is 0 Å². The third kappa shape index (κ3) is 2.21. The molecule has 0 aliphatic heterocycles. The molecule has 0 aromatic heterocycles. The van der Waals surface area contributed by atoms with E-state index in [1.807, 2.05) is 0 Å². The number of nitrogens with two attached hydrogens (primary N) is 1. The molecule has 0 radical (unpaired) electrons. The first-order valence-electron chi connectivity index (χ1n) is 5.80. The number of fused-ring (bicyclic) bond motifs is 1. The Hall–Kier alpha value is -0.860. The largest absolute Gasteiger partial charge is 0.396 e. The van der Waals surface area contributed by atoms with Crippen LogP contribution in [0.5, 0.6) is 0 Å². The van der Waals surface area contributed by atoms with E-state index in [0.717, 1.165) is 6.42 Å². The first-order valence-corrected chi connectivity index (χ1v) is 5.80. The summed E-state index contributed by atoms with van der Waals surface area (Å²) in [5.41, 5.74) is 10.2. The number of hydrogen-bond donors (Lipinski definition) is 2. The molecule has 1 aromatic carbocycles. The molecule has 82 valence electrons. The van der Waals surface area contributed by atoms with Gasteiger partial charge in [0, 0.05) is 12.6 Å². The van der Waals surface area contributed by atoms with Crippen LogP contribution in [0.1, 0.15) is 42.0 Å². The topological polar surface area (TPSA) is 46.2 Å². The maximum Gasteiger partial charge on any atom is 0.0449 e. The Bertz CT molecular complexity index is 335. The first-order chi connectivity index (χ1) is 7.33. The highest BCUT2D eigenvalue weighted by atomic mass is 16.3. The average Bonchev–Trinajstić information content (AvgIpc) is 2.28. The second-order valence-corrected chi connectivity index (χ2v) is 4.31. The molecule has 0 saturated heterocycles. The van der Waals surface area contributed by atoms with E-state index in [4.69, 9.17) is 10.8 Å². The van der Waals surface area contributed by atoms with Crippen LogP contribution < -0.4 is 5.73 Å². The molecular formula is C13H19NO. The van der Waals surface area contributed by atoms with Crippen molar-refractivity contribution >= 4 is 0 Å². The van der Waals surface area contributed by atoms with Gasteiger partial charge < -0.3 is 10.8 Å². The summed E-state index contributed by atoms with van der Waals surface area (Å²) in [6.07, 6.45) is 5.58. The Kier molecular flexibility index (Phi) is 3.39. The lowest BCUT2D eigenvalue weighted by molar-refractivity contribution is 0.276. The van der Waals surface area contributed by atoms with Crippen molar-refractivity contribution in [2.45, 2.75) is 38.1 Å². The summed E-state index contributed by atoms with van der Waals surface area (Å²) in [5.74, 6) is 0. The summed E-state index contributed by atoms with van der Waals surface area (Å²) >= 11 is 0. The smallest absolute Gasteiger partial charge is 0.0449 e. The van der Waals surface area contributed by atoms with Gasteiger partial charge in [-0.15, -0.1) is 0 Å². The van der Waals surface area contributed by atoms with Crippen LogP contribution in [-0.2, 0) is 12.8 Å². The molecular weight excluding hydrogens is 186 g/mol. The van der Waals surface area contributed by atoms with Gasteiger partial charge in [0.25, 0.3) is 0 Å². The maximum atomic E-state index is 8.92. The lowest BCUT2D eigenvalue weighted by Gasteiger charge is -2.22. The third-order valence-electron chi connectivity index (χ3n) is 3.27. The van der Waals surface area contributed by atoms with Crippen molar-refractivity contribution in [3.8, 4) is 0 Å². The van der Waals surface area contributed by atoms with Gasteiger partial charge in [-0.1, -0.05) is 18.2 Å². The third-order valence-corrected chi connectivity index (χ3v) is 3.27. The highest BCUT2D eigenvalue weighted by molar-refractivity contribution is 5.38. The van der Waals surface area contributed by atoms with Gasteiger partial charge in [-0.3, -0.25) is 0 Å². The Morgan fingerprint density at radius 3 is 2.87 bits per heavy atom. The van der Waals surface area contributed by atoms with Gasteiger partial charge >= 0.3 is 0 Å². The fourth-order valence-electron chi connectivity index (χ4n) is 2.45. The quantitative estimate of drug-likeness (QED) is 0.792. The fraction of sp³-hybridized carbons (Fsp3) is 0.538. The average molecular weight is 205 g/mol. The molecule has 0 heterocycles. The second-order valence-electron chi connectivity index (χ2n) is 4.31. The molecule has 1 aromatic rings. The highest BCUT2D eigenvalue weighted by Gasteiger charge is 2.16. The summed E-state index contributed by atoms with van der Waals surface area (Å²) in [7, 11) is 0. The lowest BCUT2D eigenvalue weighted by Crippen LogP contribution is -2.16. The zero-order valence-electron chi connectivity index (χ0n) is 9.08. The lowest BCUT2D eigenvalue weighted by atomic mass is 9.85. The van der Waals surface area contributed by atoms with Crippen LogP contribution in [0.4, 0.5) is 0 Å². The van der Waals surface area contributed by atoms with E-state index >= 15 is 0 Å². The predicted molar refractivity (Wildman–Crippen MR) is 61.7 cm³/mol. The van der Waals surface area contributed by atoms with Crippen LogP contribution in [0, 0.1) is 0 Å². The molecule has 15 heavy (non-hydrogen) atoms. The molecule has 0 saturated carbocycles. The Labute approximate surface area is 91.1 Å². The second kappa shape index (κ2) is 4.77. The maximum absolute atomic E-state index is 8.92. The molecule has 0 amide bonds. The van der Waals surface area contributed by atoms with Crippen molar-refractivity contribution in [3.05, 3.63) is 34.9 Å². The molecule has 0 bridgehead atoms. The normalized spacial score (nSPS) is 17.2. The minimum Gasteiger partial charge on any atom is -0.396 e. The van der Waals surface area contributed by atoms with Crippen molar-refractivity contribution in [3.63, 3.8) is 0 Å². The SMILES string of the molecule is NC(CCO)c1cccc2c1CCCC2. The molecule has 1 atom stereocenters. The number of aliphatic hydroxyl groups excluding tert-OH is 1. The van der Waals surface area contributed by atoms with Gasteiger partial charge in [-0.05, 0) is 48.8 Å². The van der Waals surface area contributed by atoms with Crippen molar-refractivity contribution in [2.24, 2.45) is 5.73 Å². The fourth-order valence-corrected chi connectivity index (χ4v) is 2.45. The molecule has 2 rings (SSSR count). The van der Waals surface area contributed by atoms with Gasteiger partial charge in [0.2, 0.25) is 0 Å². The van der Waals surface area contributed by atoms with Crippen LogP contribution in [0.25, 0.3) is 0 Å². The standard InChI is InChI=1S/C13H19NO/c14-13(8-9-15)12-7-3-5-10-4-1-2-6-11(10)12/h3,5,7,13,15H,1-2,4,6,8-9,14H2. The molecule has 0 fully saturated rings. The van der Waals surface area contributed by atoms with Gasteiger partial charge in [-0.25, -0.2) is 0 Å². The zero-order valence-corrected chi connectivity index (χ0v) is 9.08.